The van der Waals surface area contributed by atoms with Gasteiger partial charge in [0, 0.05) is 24.9 Å². The van der Waals surface area contributed by atoms with Gasteiger partial charge in [-0.1, -0.05) is 30.3 Å². The van der Waals surface area contributed by atoms with Crippen molar-refractivity contribution in [1.29, 1.82) is 0 Å². The molecule has 146 valence electrons. The molecule has 1 aromatic rings. The van der Waals surface area contributed by atoms with Crippen LogP contribution in [0.2, 0.25) is 0 Å². The number of rotatable bonds is 3. The highest BCUT2D eigenvalue weighted by atomic mass is 35.5. The zero-order valence-electron chi connectivity index (χ0n) is 15.0. The molecule has 0 aromatic heterocycles. The van der Waals surface area contributed by atoms with E-state index in [1.165, 1.54) is 18.4 Å². The van der Waals surface area contributed by atoms with Gasteiger partial charge in [-0.2, -0.15) is 0 Å². The predicted octanol–water partition coefficient (Wildman–Crippen LogP) is 2.97. The molecule has 0 aliphatic carbocycles. The fourth-order valence-electron chi connectivity index (χ4n) is 4.31. The van der Waals surface area contributed by atoms with E-state index in [1.54, 1.807) is 0 Å². The highest BCUT2D eigenvalue weighted by molar-refractivity contribution is 7.99. The van der Waals surface area contributed by atoms with Gasteiger partial charge < -0.3 is 10.2 Å². The highest BCUT2D eigenvalue weighted by Crippen LogP contribution is 2.30. The first-order chi connectivity index (χ1) is 11.8. The molecular formula is C19H29Cl2N3OS. The Bertz CT molecular complexity index is 563. The topological polar surface area (TPSA) is 35.6 Å². The molecule has 0 saturated carbocycles. The quantitative estimate of drug-likeness (QED) is 0.819. The molecule has 1 aromatic carbocycles. The van der Waals surface area contributed by atoms with Crippen LogP contribution < -0.4 is 5.32 Å². The third-order valence-electron chi connectivity index (χ3n) is 5.79. The number of hydrogen-bond acceptors (Lipinski definition) is 4. The van der Waals surface area contributed by atoms with E-state index in [2.05, 4.69) is 40.5 Å². The number of amides is 1. The molecule has 4 rings (SSSR count). The number of carbonyl (C=O) groups is 1. The molecule has 4 nitrogen and oxygen atoms in total. The predicted molar refractivity (Wildman–Crippen MR) is 114 cm³/mol. The van der Waals surface area contributed by atoms with Crippen molar-refractivity contribution in [1.82, 2.24) is 15.1 Å². The average molecular weight is 418 g/mol. The lowest BCUT2D eigenvalue weighted by Crippen LogP contribution is -2.42. The Morgan fingerprint density at radius 3 is 2.46 bits per heavy atom. The van der Waals surface area contributed by atoms with E-state index in [9.17, 15) is 4.79 Å². The average Bonchev–Trinajstić information content (AvgIpc) is 3.34. The minimum absolute atomic E-state index is 0. The number of piperidine rings is 1. The van der Waals surface area contributed by atoms with Gasteiger partial charge >= 0.3 is 0 Å². The van der Waals surface area contributed by atoms with Crippen LogP contribution in [0.1, 0.15) is 30.7 Å². The van der Waals surface area contributed by atoms with E-state index in [0.29, 0.717) is 17.9 Å². The molecule has 3 aliphatic heterocycles. The fourth-order valence-corrected chi connectivity index (χ4v) is 5.27. The number of likely N-dealkylation sites (tertiary alicyclic amines) is 1. The van der Waals surface area contributed by atoms with Gasteiger partial charge in [0.1, 0.15) is 0 Å². The van der Waals surface area contributed by atoms with Gasteiger partial charge in [-0.15, -0.1) is 36.6 Å². The number of nitrogens with one attached hydrogen (secondary N) is 1. The van der Waals surface area contributed by atoms with Crippen LogP contribution >= 0.6 is 36.6 Å². The van der Waals surface area contributed by atoms with Crippen molar-refractivity contribution in [3.8, 4) is 0 Å². The van der Waals surface area contributed by atoms with Crippen molar-refractivity contribution in [3.63, 3.8) is 0 Å². The maximum absolute atomic E-state index is 12.5. The first-order valence-corrected chi connectivity index (χ1v) is 10.4. The second-order valence-corrected chi connectivity index (χ2v) is 8.29. The molecule has 0 bridgehead atoms. The molecule has 1 N–H and O–H groups in total. The van der Waals surface area contributed by atoms with E-state index < -0.39 is 0 Å². The third kappa shape index (κ3) is 4.87. The summed E-state index contributed by atoms with van der Waals surface area (Å²) in [6.45, 7) is 4.21. The van der Waals surface area contributed by atoms with Crippen LogP contribution in [-0.2, 0) is 4.79 Å². The largest absolute Gasteiger partial charge is 0.331 e. The van der Waals surface area contributed by atoms with Crippen molar-refractivity contribution in [3.05, 3.63) is 35.9 Å². The molecule has 3 heterocycles. The van der Waals surface area contributed by atoms with Crippen LogP contribution in [0, 0.1) is 0 Å². The SMILES string of the molecule is Cl.Cl.O=C([C@@H]1C[C@H](N2CCC(c3ccccc3)CC2)CN1)N1CCSC1. The Morgan fingerprint density at radius 2 is 1.81 bits per heavy atom. The number of hydrogen-bond donors (Lipinski definition) is 1. The molecule has 3 aliphatic rings. The molecule has 3 fully saturated rings. The second-order valence-electron chi connectivity index (χ2n) is 7.21. The number of benzene rings is 1. The lowest BCUT2D eigenvalue weighted by Gasteiger charge is -2.36. The molecule has 0 radical (unpaired) electrons. The normalized spacial score (nSPS) is 27.0. The summed E-state index contributed by atoms with van der Waals surface area (Å²) in [5.74, 6) is 3.00. The van der Waals surface area contributed by atoms with E-state index in [4.69, 9.17) is 0 Å². The van der Waals surface area contributed by atoms with E-state index in [0.717, 1.165) is 44.2 Å². The van der Waals surface area contributed by atoms with E-state index in [-0.39, 0.29) is 30.9 Å². The molecule has 26 heavy (non-hydrogen) atoms. The minimum Gasteiger partial charge on any atom is -0.331 e. The number of halogens is 2. The summed E-state index contributed by atoms with van der Waals surface area (Å²) in [5.41, 5.74) is 1.49. The molecule has 2 atom stereocenters. The maximum Gasteiger partial charge on any atom is 0.240 e. The minimum atomic E-state index is 0. The van der Waals surface area contributed by atoms with Gasteiger partial charge in [0.05, 0.1) is 11.9 Å². The zero-order valence-corrected chi connectivity index (χ0v) is 17.5. The van der Waals surface area contributed by atoms with Crippen molar-refractivity contribution in [2.75, 3.05) is 37.8 Å². The van der Waals surface area contributed by atoms with Gasteiger partial charge in [-0.25, -0.2) is 0 Å². The van der Waals surface area contributed by atoms with Crippen molar-refractivity contribution >= 4 is 42.5 Å². The number of thioether (sulfide) groups is 1. The van der Waals surface area contributed by atoms with Gasteiger partial charge in [0.15, 0.2) is 0 Å². The Morgan fingerprint density at radius 1 is 1.08 bits per heavy atom. The first-order valence-electron chi connectivity index (χ1n) is 9.20. The van der Waals surface area contributed by atoms with Gasteiger partial charge in [-0.05, 0) is 43.8 Å². The lowest BCUT2D eigenvalue weighted by atomic mass is 9.89. The summed E-state index contributed by atoms with van der Waals surface area (Å²) in [5, 5.41) is 3.48. The standard InChI is InChI=1S/C19H27N3OS.2ClH/c23-19(22-10-11-24-14-22)18-12-17(13-20-18)21-8-6-16(7-9-21)15-4-2-1-3-5-15;;/h1-5,16-18,20H,6-14H2;2*1H/t17-,18-;;/m0../s1. The summed E-state index contributed by atoms with van der Waals surface area (Å²) in [6, 6.07) is 11.5. The molecule has 0 spiro atoms. The Kier molecular flexibility index (Phi) is 8.55. The zero-order chi connectivity index (χ0) is 16.4. The first kappa shape index (κ1) is 21.8. The molecular weight excluding hydrogens is 389 g/mol. The van der Waals surface area contributed by atoms with Crippen LogP contribution in [0.3, 0.4) is 0 Å². The van der Waals surface area contributed by atoms with E-state index >= 15 is 0 Å². The third-order valence-corrected chi connectivity index (χ3v) is 6.75. The molecule has 1 amide bonds. The van der Waals surface area contributed by atoms with Crippen molar-refractivity contribution in [2.24, 2.45) is 0 Å². The van der Waals surface area contributed by atoms with Gasteiger partial charge in [-0.3, -0.25) is 9.69 Å². The van der Waals surface area contributed by atoms with Crippen molar-refractivity contribution < 1.29 is 4.79 Å². The second kappa shape index (κ2) is 10.2. The Balaban J connectivity index is 0.00000121. The monoisotopic (exact) mass is 417 g/mol. The number of carbonyl (C=O) groups excluding carboxylic acids is 1. The van der Waals surface area contributed by atoms with Crippen LogP contribution in [0.25, 0.3) is 0 Å². The number of nitrogens with zero attached hydrogens (tertiary/aromatic N) is 2. The summed E-state index contributed by atoms with van der Waals surface area (Å²) in [7, 11) is 0. The summed E-state index contributed by atoms with van der Waals surface area (Å²) in [6.07, 6.45) is 3.46. The molecule has 3 saturated heterocycles. The summed E-state index contributed by atoms with van der Waals surface area (Å²) in [4.78, 5) is 17.2. The smallest absolute Gasteiger partial charge is 0.240 e. The highest BCUT2D eigenvalue weighted by Gasteiger charge is 2.36. The maximum atomic E-state index is 12.5. The summed E-state index contributed by atoms with van der Waals surface area (Å²) < 4.78 is 0. The lowest BCUT2D eigenvalue weighted by molar-refractivity contribution is -0.131. The molecule has 0 unspecified atom stereocenters. The van der Waals surface area contributed by atoms with Crippen molar-refractivity contribution in [2.45, 2.75) is 37.3 Å². The van der Waals surface area contributed by atoms with Crippen LogP contribution in [0.5, 0.6) is 0 Å². The Labute approximate surface area is 173 Å². The van der Waals surface area contributed by atoms with Crippen LogP contribution in [-0.4, -0.2) is 65.6 Å². The Hall–Kier alpha value is -0.460. The van der Waals surface area contributed by atoms with Crippen LogP contribution in [0.15, 0.2) is 30.3 Å². The van der Waals surface area contributed by atoms with Gasteiger partial charge in [0.2, 0.25) is 5.91 Å². The van der Waals surface area contributed by atoms with Gasteiger partial charge in [0.25, 0.3) is 0 Å². The van der Waals surface area contributed by atoms with Crippen LogP contribution in [0.4, 0.5) is 0 Å². The fraction of sp³-hybridized carbons (Fsp3) is 0.632. The van der Waals surface area contributed by atoms with E-state index in [1.807, 2.05) is 16.7 Å². The molecule has 7 heteroatoms. The summed E-state index contributed by atoms with van der Waals surface area (Å²) >= 11 is 1.86.